The summed E-state index contributed by atoms with van der Waals surface area (Å²) in [5.74, 6) is -0.870. The van der Waals surface area contributed by atoms with Crippen LogP contribution in [-0.4, -0.2) is 4.92 Å². The molecule has 0 radical (unpaired) electrons. The molecule has 0 fully saturated rings. The predicted molar refractivity (Wildman–Crippen MR) is 42.7 cm³/mol. The second-order valence-corrected chi connectivity index (χ2v) is 2.72. The van der Waals surface area contributed by atoms with E-state index in [-0.39, 0.29) is 5.56 Å². The van der Waals surface area contributed by atoms with E-state index >= 15 is 0 Å². The summed E-state index contributed by atoms with van der Waals surface area (Å²) in [6.45, 7) is 1.28. The highest BCUT2D eigenvalue weighted by atomic mass is 19.3. The van der Waals surface area contributed by atoms with Crippen molar-refractivity contribution in [2.75, 3.05) is 0 Å². The van der Waals surface area contributed by atoms with Gasteiger partial charge in [0.15, 0.2) is 0 Å². The van der Waals surface area contributed by atoms with Crippen molar-refractivity contribution in [3.63, 3.8) is 0 Å². The van der Waals surface area contributed by atoms with Gasteiger partial charge in [-0.25, -0.2) is 13.2 Å². The lowest BCUT2D eigenvalue weighted by Gasteiger charge is -2.03. The number of hydrogen-bond acceptors (Lipinski definition) is 2. The Morgan fingerprint density at radius 2 is 2.00 bits per heavy atom. The molecule has 1 aromatic rings. The van der Waals surface area contributed by atoms with Crippen LogP contribution in [0.15, 0.2) is 12.1 Å². The Hall–Kier alpha value is -1.59. The molecule has 0 aromatic heterocycles. The molecule has 6 heteroatoms. The summed E-state index contributed by atoms with van der Waals surface area (Å²) in [5, 5.41) is 10.3. The van der Waals surface area contributed by atoms with Crippen LogP contribution < -0.4 is 0 Å². The first-order valence-corrected chi connectivity index (χ1v) is 3.66. The summed E-state index contributed by atoms with van der Waals surface area (Å²) in [5.41, 5.74) is -1.67. The molecule has 0 bridgehead atoms. The Bertz CT molecular complexity index is 379. The van der Waals surface area contributed by atoms with E-state index in [1.54, 1.807) is 0 Å². The Morgan fingerprint density at radius 1 is 1.43 bits per heavy atom. The Morgan fingerprint density at radius 3 is 2.43 bits per heavy atom. The molecule has 0 spiro atoms. The van der Waals surface area contributed by atoms with Gasteiger partial charge < -0.3 is 0 Å². The molecular weight excluding hydrogens is 199 g/mol. The fourth-order valence-electron chi connectivity index (χ4n) is 1.01. The minimum absolute atomic E-state index is 0.0268. The number of benzene rings is 1. The number of nitrogens with zero attached hydrogens (tertiary/aromatic N) is 1. The predicted octanol–water partition coefficient (Wildman–Crippen LogP) is 2.98. The van der Waals surface area contributed by atoms with Crippen LogP contribution in [0.1, 0.15) is 17.6 Å². The van der Waals surface area contributed by atoms with Gasteiger partial charge in [-0.05, 0) is 18.6 Å². The molecule has 0 aliphatic rings. The third kappa shape index (κ3) is 1.84. The molecule has 76 valence electrons. The fraction of sp³-hybridized carbons (Fsp3) is 0.250. The van der Waals surface area contributed by atoms with Gasteiger partial charge in [0.2, 0.25) is 0 Å². The third-order valence-corrected chi connectivity index (χ3v) is 1.74. The second kappa shape index (κ2) is 3.65. The Kier molecular flexibility index (Phi) is 2.73. The lowest BCUT2D eigenvalue weighted by Crippen LogP contribution is -1.98. The van der Waals surface area contributed by atoms with Gasteiger partial charge in [-0.15, -0.1) is 0 Å². The van der Waals surface area contributed by atoms with Crippen LogP contribution in [0.2, 0.25) is 0 Å². The molecule has 0 saturated heterocycles. The van der Waals surface area contributed by atoms with E-state index in [2.05, 4.69) is 0 Å². The summed E-state index contributed by atoms with van der Waals surface area (Å²) in [6, 6.07) is 1.30. The highest BCUT2D eigenvalue weighted by Gasteiger charge is 2.23. The van der Waals surface area contributed by atoms with Crippen LogP contribution >= 0.6 is 0 Å². The number of rotatable bonds is 2. The summed E-state index contributed by atoms with van der Waals surface area (Å²) in [4.78, 5) is 9.39. The molecule has 0 aliphatic heterocycles. The average molecular weight is 205 g/mol. The van der Waals surface area contributed by atoms with Gasteiger partial charge in [0.25, 0.3) is 12.1 Å². The maximum Gasteiger partial charge on any atom is 0.278 e. The fourth-order valence-corrected chi connectivity index (χ4v) is 1.01. The van der Waals surface area contributed by atoms with Crippen LogP contribution in [0, 0.1) is 22.9 Å². The van der Waals surface area contributed by atoms with E-state index < -0.39 is 28.4 Å². The zero-order chi connectivity index (χ0) is 10.9. The lowest BCUT2D eigenvalue weighted by molar-refractivity contribution is -0.386. The molecule has 1 aromatic carbocycles. The van der Waals surface area contributed by atoms with E-state index in [0.717, 1.165) is 6.07 Å². The number of hydrogen-bond donors (Lipinski definition) is 0. The number of alkyl halides is 2. The van der Waals surface area contributed by atoms with E-state index in [9.17, 15) is 23.3 Å². The van der Waals surface area contributed by atoms with Crippen molar-refractivity contribution in [3.8, 4) is 0 Å². The van der Waals surface area contributed by atoms with Crippen molar-refractivity contribution >= 4 is 5.69 Å². The molecule has 0 heterocycles. The normalized spacial score (nSPS) is 10.6. The van der Waals surface area contributed by atoms with Crippen molar-refractivity contribution in [3.05, 3.63) is 39.2 Å². The van der Waals surface area contributed by atoms with Crippen molar-refractivity contribution in [1.82, 2.24) is 0 Å². The molecule has 0 atom stereocenters. The van der Waals surface area contributed by atoms with Crippen LogP contribution in [0.3, 0.4) is 0 Å². The van der Waals surface area contributed by atoms with Crippen molar-refractivity contribution in [2.45, 2.75) is 13.3 Å². The average Bonchev–Trinajstić information content (AvgIpc) is 2.08. The van der Waals surface area contributed by atoms with Crippen LogP contribution in [0.5, 0.6) is 0 Å². The van der Waals surface area contributed by atoms with Crippen LogP contribution in [0.4, 0.5) is 18.9 Å². The largest absolute Gasteiger partial charge is 0.278 e. The molecule has 0 aliphatic carbocycles. The quantitative estimate of drug-likeness (QED) is 0.550. The van der Waals surface area contributed by atoms with Gasteiger partial charge in [0.05, 0.1) is 10.5 Å². The minimum atomic E-state index is -3.05. The highest BCUT2D eigenvalue weighted by Crippen LogP contribution is 2.30. The van der Waals surface area contributed by atoms with E-state index in [0.29, 0.717) is 6.07 Å². The lowest BCUT2D eigenvalue weighted by atomic mass is 10.1. The summed E-state index contributed by atoms with van der Waals surface area (Å²) in [6.07, 6.45) is -3.05. The number of aryl methyl sites for hydroxylation is 1. The zero-order valence-corrected chi connectivity index (χ0v) is 7.13. The molecular formula is C8H6F3NO2. The van der Waals surface area contributed by atoms with E-state index in [1.165, 1.54) is 6.92 Å². The Labute approximate surface area is 77.3 Å². The smallest absolute Gasteiger partial charge is 0.258 e. The second-order valence-electron chi connectivity index (χ2n) is 2.72. The Balaban J connectivity index is 3.39. The number of nitro benzene ring substituents is 1. The van der Waals surface area contributed by atoms with Crippen molar-refractivity contribution < 1.29 is 18.1 Å². The first-order valence-electron chi connectivity index (χ1n) is 3.66. The van der Waals surface area contributed by atoms with E-state index in [1.807, 2.05) is 0 Å². The topological polar surface area (TPSA) is 43.1 Å². The summed E-state index contributed by atoms with van der Waals surface area (Å²) < 4.78 is 37.3. The van der Waals surface area contributed by atoms with Crippen LogP contribution in [0.25, 0.3) is 0 Å². The molecule has 0 saturated carbocycles. The number of halogens is 3. The van der Waals surface area contributed by atoms with E-state index in [4.69, 9.17) is 0 Å². The van der Waals surface area contributed by atoms with Crippen molar-refractivity contribution in [2.24, 2.45) is 0 Å². The van der Waals surface area contributed by atoms with Gasteiger partial charge in [0.1, 0.15) is 5.82 Å². The molecule has 1 rings (SSSR count). The molecule has 0 N–H and O–H groups in total. The third-order valence-electron chi connectivity index (χ3n) is 1.74. The SMILES string of the molecule is Cc1cc([N+](=O)[O-])c(C(F)F)cc1F. The minimum Gasteiger partial charge on any atom is -0.258 e. The maximum absolute atomic E-state index is 12.8. The highest BCUT2D eigenvalue weighted by molar-refractivity contribution is 5.44. The zero-order valence-electron chi connectivity index (χ0n) is 7.13. The molecule has 3 nitrogen and oxygen atoms in total. The monoisotopic (exact) mass is 205 g/mol. The summed E-state index contributed by atoms with van der Waals surface area (Å²) in [7, 11) is 0. The van der Waals surface area contributed by atoms with Gasteiger partial charge in [-0.3, -0.25) is 10.1 Å². The first-order chi connectivity index (χ1) is 6.43. The maximum atomic E-state index is 12.8. The number of nitro groups is 1. The van der Waals surface area contributed by atoms with Gasteiger partial charge in [0, 0.05) is 6.07 Å². The molecule has 14 heavy (non-hydrogen) atoms. The molecule has 0 amide bonds. The standard InChI is InChI=1S/C8H6F3NO2/c1-4-2-7(12(13)14)5(8(10)11)3-6(4)9/h2-3,8H,1H3. The van der Waals surface area contributed by atoms with Gasteiger partial charge >= 0.3 is 0 Å². The summed E-state index contributed by atoms with van der Waals surface area (Å²) >= 11 is 0. The van der Waals surface area contributed by atoms with Crippen molar-refractivity contribution in [1.29, 1.82) is 0 Å². The van der Waals surface area contributed by atoms with Gasteiger partial charge in [-0.1, -0.05) is 0 Å². The van der Waals surface area contributed by atoms with Gasteiger partial charge in [-0.2, -0.15) is 0 Å². The first kappa shape index (κ1) is 10.5. The van der Waals surface area contributed by atoms with Crippen LogP contribution in [-0.2, 0) is 0 Å². The molecule has 0 unspecified atom stereocenters.